The summed E-state index contributed by atoms with van der Waals surface area (Å²) in [5.41, 5.74) is 6.03. The maximum atomic E-state index is 5.88. The minimum absolute atomic E-state index is 0.151. The summed E-state index contributed by atoms with van der Waals surface area (Å²) in [6.07, 6.45) is 1.47. The van der Waals surface area contributed by atoms with Crippen LogP contribution in [0.15, 0.2) is 4.52 Å². The second-order valence-corrected chi connectivity index (χ2v) is 5.17. The first-order valence-electron chi connectivity index (χ1n) is 5.49. The summed E-state index contributed by atoms with van der Waals surface area (Å²) < 4.78 is 10.1. The van der Waals surface area contributed by atoms with Gasteiger partial charge < -0.3 is 15.0 Å². The van der Waals surface area contributed by atoms with Crippen molar-refractivity contribution in [1.82, 2.24) is 10.1 Å². The Labute approximate surface area is 96.4 Å². The van der Waals surface area contributed by atoms with E-state index < -0.39 is 0 Å². The van der Waals surface area contributed by atoms with Crippen LogP contribution < -0.4 is 5.73 Å². The fraction of sp³-hybridized carbons (Fsp3) is 0.818. The zero-order valence-electron chi connectivity index (χ0n) is 10.5. The van der Waals surface area contributed by atoms with Crippen molar-refractivity contribution >= 4 is 0 Å². The molecular weight excluding hydrogens is 206 g/mol. The van der Waals surface area contributed by atoms with Crippen LogP contribution >= 0.6 is 0 Å². The molecule has 0 aliphatic carbocycles. The van der Waals surface area contributed by atoms with Crippen molar-refractivity contribution in [3.8, 4) is 0 Å². The van der Waals surface area contributed by atoms with Gasteiger partial charge in [-0.15, -0.1) is 0 Å². The SMILES string of the molecule is COCCC(N)c1nc(CC(C)(C)C)no1. The van der Waals surface area contributed by atoms with Gasteiger partial charge in [0.2, 0.25) is 5.89 Å². The maximum absolute atomic E-state index is 5.88. The third-order valence-corrected chi connectivity index (χ3v) is 2.12. The molecule has 1 unspecified atom stereocenters. The predicted molar refractivity (Wildman–Crippen MR) is 60.9 cm³/mol. The van der Waals surface area contributed by atoms with E-state index in [2.05, 4.69) is 30.9 Å². The number of nitrogens with zero attached hydrogens (tertiary/aromatic N) is 2. The average molecular weight is 227 g/mol. The third-order valence-electron chi connectivity index (χ3n) is 2.12. The summed E-state index contributed by atoms with van der Waals surface area (Å²) in [5.74, 6) is 1.21. The number of hydrogen-bond acceptors (Lipinski definition) is 5. The molecule has 1 rings (SSSR count). The summed E-state index contributed by atoms with van der Waals surface area (Å²) in [7, 11) is 1.64. The van der Waals surface area contributed by atoms with Crippen LogP contribution in [0, 0.1) is 5.41 Å². The number of aromatic nitrogens is 2. The van der Waals surface area contributed by atoms with E-state index in [9.17, 15) is 0 Å². The molecular formula is C11H21N3O2. The largest absolute Gasteiger partial charge is 0.385 e. The molecule has 0 aliphatic rings. The van der Waals surface area contributed by atoms with Crippen molar-refractivity contribution in [2.75, 3.05) is 13.7 Å². The number of nitrogens with two attached hydrogens (primary N) is 1. The predicted octanol–water partition coefficient (Wildman–Crippen LogP) is 1.69. The van der Waals surface area contributed by atoms with E-state index in [0.29, 0.717) is 18.9 Å². The Balaban J connectivity index is 2.57. The van der Waals surface area contributed by atoms with E-state index in [1.54, 1.807) is 7.11 Å². The Morgan fingerprint density at radius 3 is 2.69 bits per heavy atom. The number of ether oxygens (including phenoxy) is 1. The molecule has 0 saturated carbocycles. The average Bonchev–Trinajstić information content (AvgIpc) is 2.59. The molecule has 1 atom stereocenters. The van der Waals surface area contributed by atoms with Gasteiger partial charge in [-0.25, -0.2) is 0 Å². The van der Waals surface area contributed by atoms with Gasteiger partial charge >= 0.3 is 0 Å². The molecule has 0 aromatic carbocycles. The van der Waals surface area contributed by atoms with Gasteiger partial charge in [0.1, 0.15) is 0 Å². The van der Waals surface area contributed by atoms with E-state index in [4.69, 9.17) is 15.0 Å². The standard InChI is InChI=1S/C11H21N3O2/c1-11(2,3)7-9-13-10(16-14-9)8(12)5-6-15-4/h8H,5-7,12H2,1-4H3. The first-order chi connectivity index (χ1) is 7.42. The molecule has 0 bridgehead atoms. The zero-order chi connectivity index (χ0) is 12.2. The molecule has 5 nitrogen and oxygen atoms in total. The van der Waals surface area contributed by atoms with E-state index >= 15 is 0 Å². The molecule has 1 aromatic heterocycles. The normalized spacial score (nSPS) is 14.1. The van der Waals surface area contributed by atoms with Crippen LogP contribution in [0.4, 0.5) is 0 Å². The summed E-state index contributed by atoms with van der Waals surface area (Å²) in [6.45, 7) is 6.99. The van der Waals surface area contributed by atoms with Crippen LogP contribution in [0.5, 0.6) is 0 Å². The van der Waals surface area contributed by atoms with E-state index in [-0.39, 0.29) is 11.5 Å². The van der Waals surface area contributed by atoms with Crippen molar-refractivity contribution in [3.63, 3.8) is 0 Å². The molecule has 0 saturated heterocycles. The van der Waals surface area contributed by atoms with E-state index in [1.807, 2.05) is 0 Å². The minimum Gasteiger partial charge on any atom is -0.385 e. The second kappa shape index (κ2) is 5.41. The molecule has 92 valence electrons. The molecule has 5 heteroatoms. The lowest BCUT2D eigenvalue weighted by Crippen LogP contribution is -2.14. The summed E-state index contributed by atoms with van der Waals surface area (Å²) in [6, 6.07) is -0.235. The molecule has 16 heavy (non-hydrogen) atoms. The van der Waals surface area contributed by atoms with Crippen molar-refractivity contribution in [2.24, 2.45) is 11.1 Å². The Kier molecular flexibility index (Phi) is 4.44. The first-order valence-corrected chi connectivity index (χ1v) is 5.49. The monoisotopic (exact) mass is 227 g/mol. The van der Waals surface area contributed by atoms with Crippen molar-refractivity contribution in [1.29, 1.82) is 0 Å². The van der Waals surface area contributed by atoms with Gasteiger partial charge in [0.25, 0.3) is 0 Å². The van der Waals surface area contributed by atoms with E-state index in [0.717, 1.165) is 12.2 Å². The quantitative estimate of drug-likeness (QED) is 0.828. The molecule has 0 radical (unpaired) electrons. The van der Waals surface area contributed by atoms with Crippen molar-refractivity contribution < 1.29 is 9.26 Å². The minimum atomic E-state index is -0.235. The van der Waals surface area contributed by atoms with Crippen LogP contribution in [0.1, 0.15) is 44.9 Å². The molecule has 0 fully saturated rings. The van der Waals surface area contributed by atoms with Crippen molar-refractivity contribution in [3.05, 3.63) is 11.7 Å². The Bertz CT molecular complexity index is 317. The van der Waals surface area contributed by atoms with Gasteiger partial charge in [0, 0.05) is 20.1 Å². The van der Waals surface area contributed by atoms with Gasteiger partial charge in [0.15, 0.2) is 5.82 Å². The van der Waals surface area contributed by atoms with Gasteiger partial charge in [-0.1, -0.05) is 25.9 Å². The molecule has 0 aliphatic heterocycles. The van der Waals surface area contributed by atoms with Gasteiger partial charge in [-0.3, -0.25) is 0 Å². The zero-order valence-corrected chi connectivity index (χ0v) is 10.5. The van der Waals surface area contributed by atoms with E-state index in [1.165, 1.54) is 0 Å². The molecule has 0 spiro atoms. The fourth-order valence-electron chi connectivity index (χ4n) is 1.33. The molecule has 2 N–H and O–H groups in total. The Morgan fingerprint density at radius 2 is 2.12 bits per heavy atom. The molecule has 0 amide bonds. The van der Waals surface area contributed by atoms with Crippen LogP contribution in [0.2, 0.25) is 0 Å². The third kappa shape index (κ3) is 4.28. The lowest BCUT2D eigenvalue weighted by atomic mass is 9.92. The second-order valence-electron chi connectivity index (χ2n) is 5.17. The van der Waals surface area contributed by atoms with Crippen LogP contribution in [0.25, 0.3) is 0 Å². The molecule has 1 heterocycles. The van der Waals surface area contributed by atoms with Crippen LogP contribution in [0.3, 0.4) is 0 Å². The molecule has 1 aromatic rings. The van der Waals surface area contributed by atoms with Crippen LogP contribution in [-0.4, -0.2) is 23.9 Å². The van der Waals surface area contributed by atoms with Gasteiger partial charge in [-0.05, 0) is 11.8 Å². The maximum Gasteiger partial charge on any atom is 0.243 e. The summed E-state index contributed by atoms with van der Waals surface area (Å²) in [4.78, 5) is 4.29. The summed E-state index contributed by atoms with van der Waals surface area (Å²) >= 11 is 0. The topological polar surface area (TPSA) is 74.2 Å². The lowest BCUT2D eigenvalue weighted by molar-refractivity contribution is 0.182. The highest BCUT2D eigenvalue weighted by Gasteiger charge is 2.18. The number of rotatable bonds is 5. The van der Waals surface area contributed by atoms with Gasteiger partial charge in [0.05, 0.1) is 6.04 Å². The first kappa shape index (κ1) is 13.1. The number of hydrogen-bond donors (Lipinski definition) is 1. The van der Waals surface area contributed by atoms with Crippen molar-refractivity contribution in [2.45, 2.75) is 39.7 Å². The number of methoxy groups -OCH3 is 1. The lowest BCUT2D eigenvalue weighted by Gasteiger charge is -2.14. The van der Waals surface area contributed by atoms with Crippen LogP contribution in [-0.2, 0) is 11.2 Å². The van der Waals surface area contributed by atoms with Gasteiger partial charge in [-0.2, -0.15) is 4.98 Å². The Morgan fingerprint density at radius 1 is 1.44 bits per heavy atom. The smallest absolute Gasteiger partial charge is 0.243 e. The highest BCUT2D eigenvalue weighted by Crippen LogP contribution is 2.20. The fourth-order valence-corrected chi connectivity index (χ4v) is 1.33. The highest BCUT2D eigenvalue weighted by atomic mass is 16.5. The summed E-state index contributed by atoms with van der Waals surface area (Å²) in [5, 5.41) is 3.92. The Hall–Kier alpha value is -0.940. The highest BCUT2D eigenvalue weighted by molar-refractivity contribution is 4.94.